The maximum absolute atomic E-state index is 6.21. The highest BCUT2D eigenvalue weighted by Gasteiger charge is 2.20. The van der Waals surface area contributed by atoms with Crippen LogP contribution in [-0.2, 0) is 0 Å². The van der Waals surface area contributed by atoms with E-state index in [2.05, 4.69) is 167 Å². The lowest BCUT2D eigenvalue weighted by Gasteiger charge is -2.12. The van der Waals surface area contributed by atoms with Crippen molar-refractivity contribution in [3.05, 3.63) is 188 Å². The molecule has 4 heterocycles. The van der Waals surface area contributed by atoms with Crippen LogP contribution < -0.4 is 0 Å². The molecule has 0 unspecified atom stereocenters. The van der Waals surface area contributed by atoms with E-state index in [9.17, 15) is 0 Å². The zero-order chi connectivity index (χ0) is 37.5. The predicted molar refractivity (Wildman–Crippen MR) is 232 cm³/mol. The molecule has 266 valence electrons. The summed E-state index contributed by atoms with van der Waals surface area (Å²) in [6, 6.07) is 65.7. The minimum Gasteiger partial charge on any atom is -0.456 e. The summed E-state index contributed by atoms with van der Waals surface area (Å²) in [6.07, 6.45) is 0. The SMILES string of the molecule is c1ccc(-c2ccc3c(c2)c2ccccc2n3-c2nc(-c3ccc4oc5ccccc5c4c3)nc(-c3ccc4c(c3)c3ccccc3n4-c3ccccc3)n2)cc1. The van der Waals surface area contributed by atoms with Gasteiger partial charge >= 0.3 is 0 Å². The van der Waals surface area contributed by atoms with Crippen molar-refractivity contribution in [2.45, 2.75) is 0 Å². The van der Waals surface area contributed by atoms with Gasteiger partial charge in [-0.2, -0.15) is 9.97 Å². The number of hydrogen-bond donors (Lipinski definition) is 0. The Kier molecular flexibility index (Phi) is 6.83. The average molecular weight is 730 g/mol. The largest absolute Gasteiger partial charge is 0.456 e. The molecule has 0 spiro atoms. The van der Waals surface area contributed by atoms with Crippen molar-refractivity contribution in [2.75, 3.05) is 0 Å². The first-order valence-electron chi connectivity index (χ1n) is 19.1. The minimum absolute atomic E-state index is 0.553. The van der Waals surface area contributed by atoms with Gasteiger partial charge < -0.3 is 8.98 Å². The summed E-state index contributed by atoms with van der Waals surface area (Å²) in [4.78, 5) is 15.9. The number of para-hydroxylation sites is 4. The van der Waals surface area contributed by atoms with Crippen molar-refractivity contribution in [3.63, 3.8) is 0 Å². The number of aromatic nitrogens is 5. The summed E-state index contributed by atoms with van der Waals surface area (Å²) in [6.45, 7) is 0. The van der Waals surface area contributed by atoms with Gasteiger partial charge in [0.25, 0.3) is 0 Å². The second-order valence-electron chi connectivity index (χ2n) is 14.5. The molecular weight excluding hydrogens is 699 g/mol. The maximum atomic E-state index is 6.21. The van der Waals surface area contributed by atoms with Crippen molar-refractivity contribution in [3.8, 4) is 45.5 Å². The Balaban J connectivity index is 1.12. The first kappa shape index (κ1) is 31.5. The van der Waals surface area contributed by atoms with Crippen LogP contribution in [0.4, 0.5) is 0 Å². The van der Waals surface area contributed by atoms with Crippen molar-refractivity contribution in [2.24, 2.45) is 0 Å². The molecule has 0 amide bonds. The van der Waals surface area contributed by atoms with E-state index in [1.807, 2.05) is 30.3 Å². The van der Waals surface area contributed by atoms with Crippen LogP contribution in [0.2, 0.25) is 0 Å². The highest BCUT2D eigenvalue weighted by molar-refractivity contribution is 6.12. The fourth-order valence-corrected chi connectivity index (χ4v) is 8.55. The van der Waals surface area contributed by atoms with Gasteiger partial charge in [-0.05, 0) is 90.0 Å². The number of hydrogen-bond acceptors (Lipinski definition) is 4. The number of furan rings is 1. The molecule has 0 N–H and O–H groups in total. The van der Waals surface area contributed by atoms with Gasteiger partial charge in [-0.3, -0.25) is 4.57 Å². The third-order valence-corrected chi connectivity index (χ3v) is 11.2. The van der Waals surface area contributed by atoms with E-state index < -0.39 is 0 Å². The lowest BCUT2D eigenvalue weighted by Crippen LogP contribution is -2.06. The quantitative estimate of drug-likeness (QED) is 0.177. The van der Waals surface area contributed by atoms with Crippen molar-refractivity contribution < 1.29 is 4.42 Å². The number of benzene rings is 8. The second-order valence-corrected chi connectivity index (χ2v) is 14.5. The van der Waals surface area contributed by atoms with Gasteiger partial charge in [0.15, 0.2) is 11.6 Å². The second kappa shape index (κ2) is 12.3. The fourth-order valence-electron chi connectivity index (χ4n) is 8.55. The molecule has 6 heteroatoms. The van der Waals surface area contributed by atoms with E-state index in [1.54, 1.807) is 0 Å². The van der Waals surface area contributed by atoms with Crippen molar-refractivity contribution in [1.82, 2.24) is 24.1 Å². The summed E-state index contributed by atoms with van der Waals surface area (Å²) in [5, 5.41) is 6.65. The Bertz CT molecular complexity index is 3520. The molecule has 0 radical (unpaired) electrons. The molecule has 4 aromatic heterocycles. The lowest BCUT2D eigenvalue weighted by molar-refractivity contribution is 0.669. The predicted octanol–water partition coefficient (Wildman–Crippen LogP) is 13.0. The topological polar surface area (TPSA) is 61.7 Å². The van der Waals surface area contributed by atoms with Crippen molar-refractivity contribution >= 4 is 65.6 Å². The van der Waals surface area contributed by atoms with Crippen LogP contribution in [0.25, 0.3) is 111 Å². The molecule has 0 fully saturated rings. The van der Waals surface area contributed by atoms with Gasteiger partial charge in [-0.15, -0.1) is 0 Å². The molecule has 12 rings (SSSR count). The van der Waals surface area contributed by atoms with Gasteiger partial charge in [0.05, 0.1) is 22.1 Å². The number of rotatable bonds is 5. The molecule has 0 atom stereocenters. The average Bonchev–Trinajstić information content (AvgIpc) is 3.94. The van der Waals surface area contributed by atoms with Crippen LogP contribution in [0.15, 0.2) is 192 Å². The Morgan fingerprint density at radius 2 is 0.807 bits per heavy atom. The summed E-state index contributed by atoms with van der Waals surface area (Å²) < 4.78 is 10.7. The highest BCUT2D eigenvalue weighted by atomic mass is 16.3. The molecule has 8 aromatic carbocycles. The van der Waals surface area contributed by atoms with Crippen LogP contribution in [0, 0.1) is 0 Å². The summed E-state index contributed by atoms with van der Waals surface area (Å²) >= 11 is 0. The molecule has 0 aliphatic heterocycles. The fraction of sp³-hybridized carbons (Fsp3) is 0. The molecule has 0 saturated heterocycles. The van der Waals surface area contributed by atoms with Crippen molar-refractivity contribution in [1.29, 1.82) is 0 Å². The number of fused-ring (bicyclic) bond motifs is 9. The minimum atomic E-state index is 0.553. The van der Waals surface area contributed by atoms with Crippen LogP contribution in [0.1, 0.15) is 0 Å². The molecule has 57 heavy (non-hydrogen) atoms. The van der Waals surface area contributed by atoms with Crippen LogP contribution in [0.3, 0.4) is 0 Å². The normalized spacial score (nSPS) is 11.9. The van der Waals surface area contributed by atoms with E-state index in [-0.39, 0.29) is 0 Å². The standard InChI is InChI=1S/C51H31N5O/c1-3-13-32(14-4-1)33-23-26-46-40(29-33)38-18-8-11-21-44(38)56(46)51-53-49(52-50(54-51)35-25-28-48-42(31-35)39-19-9-12-22-47(39)57-48)34-24-27-45-41(30-34)37-17-7-10-20-43(37)55(45)36-15-5-2-6-16-36/h1-31H. The van der Waals surface area contributed by atoms with Crippen LogP contribution in [0.5, 0.6) is 0 Å². The van der Waals surface area contributed by atoms with E-state index in [1.165, 1.54) is 10.9 Å². The van der Waals surface area contributed by atoms with Gasteiger partial charge in [-0.1, -0.05) is 109 Å². The van der Waals surface area contributed by atoms with Gasteiger partial charge in [0.1, 0.15) is 11.2 Å². The summed E-state index contributed by atoms with van der Waals surface area (Å²) in [5.41, 5.74) is 11.2. The Labute approximate surface area is 326 Å². The monoisotopic (exact) mass is 729 g/mol. The van der Waals surface area contributed by atoms with Crippen LogP contribution >= 0.6 is 0 Å². The van der Waals surface area contributed by atoms with E-state index in [4.69, 9.17) is 19.4 Å². The van der Waals surface area contributed by atoms with E-state index in [0.29, 0.717) is 17.6 Å². The Morgan fingerprint density at radius 3 is 1.53 bits per heavy atom. The molecule has 0 aliphatic rings. The third-order valence-electron chi connectivity index (χ3n) is 11.2. The zero-order valence-corrected chi connectivity index (χ0v) is 30.5. The molecule has 0 saturated carbocycles. The molecule has 0 aliphatic carbocycles. The lowest BCUT2D eigenvalue weighted by atomic mass is 10.0. The first-order chi connectivity index (χ1) is 28.2. The number of nitrogens with zero attached hydrogens (tertiary/aromatic N) is 5. The van der Waals surface area contributed by atoms with Gasteiger partial charge in [0, 0.05) is 49.1 Å². The molecule has 12 aromatic rings. The van der Waals surface area contributed by atoms with Gasteiger partial charge in [-0.25, -0.2) is 4.98 Å². The Hall–Kier alpha value is -7.83. The zero-order valence-electron chi connectivity index (χ0n) is 30.5. The van der Waals surface area contributed by atoms with E-state index >= 15 is 0 Å². The summed E-state index contributed by atoms with van der Waals surface area (Å²) in [7, 11) is 0. The first-order valence-corrected chi connectivity index (χ1v) is 19.1. The molecule has 0 bridgehead atoms. The highest BCUT2D eigenvalue weighted by Crippen LogP contribution is 2.38. The van der Waals surface area contributed by atoms with Crippen LogP contribution in [-0.4, -0.2) is 24.1 Å². The maximum Gasteiger partial charge on any atom is 0.238 e. The molecular formula is C51H31N5O. The van der Waals surface area contributed by atoms with Gasteiger partial charge in [0.2, 0.25) is 5.95 Å². The summed E-state index contributed by atoms with van der Waals surface area (Å²) in [5.74, 6) is 1.73. The Morgan fingerprint density at radius 1 is 0.316 bits per heavy atom. The third kappa shape index (κ3) is 4.94. The smallest absolute Gasteiger partial charge is 0.238 e. The molecule has 6 nitrogen and oxygen atoms in total. The van der Waals surface area contributed by atoms with E-state index in [0.717, 1.165) is 82.5 Å².